The van der Waals surface area contributed by atoms with Crippen LogP contribution in [0.2, 0.25) is 0 Å². The SMILES string of the molecule is CC(C)N1CCN(c2ccc(C(=O)Nc3cccc(C#Cc4ccccn4)c3)cc2)C1=O. The van der Waals surface area contributed by atoms with Crippen LogP contribution < -0.4 is 10.2 Å². The lowest BCUT2D eigenvalue weighted by molar-refractivity contribution is 0.102. The molecule has 0 atom stereocenters. The molecule has 1 aliphatic heterocycles. The van der Waals surface area contributed by atoms with E-state index in [1.165, 1.54) is 0 Å². The number of urea groups is 1. The third-order valence-corrected chi connectivity index (χ3v) is 5.23. The van der Waals surface area contributed by atoms with E-state index in [4.69, 9.17) is 0 Å². The minimum absolute atomic E-state index is 0.000767. The lowest BCUT2D eigenvalue weighted by atomic mass is 10.1. The van der Waals surface area contributed by atoms with Gasteiger partial charge in [-0.3, -0.25) is 9.69 Å². The Labute approximate surface area is 187 Å². The molecular formula is C26H24N4O2. The number of rotatable bonds is 4. The first-order valence-corrected chi connectivity index (χ1v) is 10.5. The van der Waals surface area contributed by atoms with Gasteiger partial charge < -0.3 is 10.2 Å². The minimum atomic E-state index is -0.219. The predicted octanol–water partition coefficient (Wildman–Crippen LogP) is 4.38. The number of anilines is 2. The van der Waals surface area contributed by atoms with E-state index >= 15 is 0 Å². The van der Waals surface area contributed by atoms with E-state index in [-0.39, 0.29) is 18.0 Å². The zero-order chi connectivity index (χ0) is 22.5. The van der Waals surface area contributed by atoms with Gasteiger partial charge in [-0.05, 0) is 74.4 Å². The molecule has 1 aromatic heterocycles. The van der Waals surface area contributed by atoms with Gasteiger partial charge in [0.1, 0.15) is 5.69 Å². The smallest absolute Gasteiger partial charge is 0.322 e. The molecule has 0 bridgehead atoms. The number of nitrogens with zero attached hydrogens (tertiary/aromatic N) is 3. The second-order valence-electron chi connectivity index (χ2n) is 7.77. The number of amides is 3. The van der Waals surface area contributed by atoms with Crippen LogP contribution in [0.1, 0.15) is 35.5 Å². The van der Waals surface area contributed by atoms with E-state index in [2.05, 4.69) is 22.1 Å². The highest BCUT2D eigenvalue weighted by atomic mass is 16.2. The third kappa shape index (κ3) is 4.79. The van der Waals surface area contributed by atoms with E-state index in [1.54, 1.807) is 23.2 Å². The molecule has 6 heteroatoms. The zero-order valence-corrected chi connectivity index (χ0v) is 18.1. The summed E-state index contributed by atoms with van der Waals surface area (Å²) in [5, 5.41) is 2.91. The molecule has 4 rings (SSSR count). The van der Waals surface area contributed by atoms with Crippen molar-refractivity contribution in [1.82, 2.24) is 9.88 Å². The molecule has 0 aliphatic carbocycles. The maximum absolute atomic E-state index is 12.7. The Morgan fingerprint density at radius 1 is 1.00 bits per heavy atom. The summed E-state index contributed by atoms with van der Waals surface area (Å²) in [6.45, 7) is 5.37. The summed E-state index contributed by atoms with van der Waals surface area (Å²) in [6, 6.07) is 20.2. The quantitative estimate of drug-likeness (QED) is 0.632. The number of benzene rings is 2. The van der Waals surface area contributed by atoms with Gasteiger partial charge in [-0.25, -0.2) is 9.78 Å². The van der Waals surface area contributed by atoms with Crippen molar-refractivity contribution in [2.45, 2.75) is 19.9 Å². The Morgan fingerprint density at radius 2 is 1.81 bits per heavy atom. The average molecular weight is 425 g/mol. The number of hydrogen-bond acceptors (Lipinski definition) is 3. The number of carbonyl (C=O) groups is 2. The summed E-state index contributed by atoms with van der Waals surface area (Å²) in [5.41, 5.74) is 3.45. The molecule has 3 aromatic rings. The molecule has 3 amide bonds. The first kappa shape index (κ1) is 21.1. The highest BCUT2D eigenvalue weighted by Gasteiger charge is 2.31. The van der Waals surface area contributed by atoms with Crippen molar-refractivity contribution in [3.63, 3.8) is 0 Å². The van der Waals surface area contributed by atoms with Gasteiger partial charge in [-0.15, -0.1) is 0 Å². The molecule has 2 heterocycles. The lowest BCUT2D eigenvalue weighted by Gasteiger charge is -2.21. The van der Waals surface area contributed by atoms with Crippen molar-refractivity contribution in [1.29, 1.82) is 0 Å². The lowest BCUT2D eigenvalue weighted by Crippen LogP contribution is -2.36. The maximum atomic E-state index is 12.7. The normalized spacial score (nSPS) is 13.2. The Balaban J connectivity index is 1.42. The molecule has 1 aliphatic rings. The van der Waals surface area contributed by atoms with E-state index in [0.717, 1.165) is 11.3 Å². The van der Waals surface area contributed by atoms with Crippen LogP contribution in [0.25, 0.3) is 0 Å². The average Bonchev–Trinajstić information content (AvgIpc) is 3.20. The van der Waals surface area contributed by atoms with Crippen molar-refractivity contribution in [2.75, 3.05) is 23.3 Å². The van der Waals surface area contributed by atoms with Gasteiger partial charge in [0.05, 0.1) is 0 Å². The zero-order valence-electron chi connectivity index (χ0n) is 18.1. The number of nitrogens with one attached hydrogen (secondary N) is 1. The van der Waals surface area contributed by atoms with Crippen molar-refractivity contribution in [3.8, 4) is 11.8 Å². The van der Waals surface area contributed by atoms with E-state index in [1.807, 2.05) is 73.3 Å². The Bertz CT molecular complexity index is 1180. The highest BCUT2D eigenvalue weighted by Crippen LogP contribution is 2.22. The molecule has 1 N–H and O–H groups in total. The van der Waals surface area contributed by atoms with Crippen LogP contribution in [0, 0.1) is 11.8 Å². The molecule has 0 spiro atoms. The first-order valence-electron chi connectivity index (χ1n) is 10.5. The van der Waals surface area contributed by atoms with Crippen LogP contribution in [0.3, 0.4) is 0 Å². The number of pyridine rings is 1. The monoisotopic (exact) mass is 424 g/mol. The fourth-order valence-electron chi connectivity index (χ4n) is 3.52. The molecule has 0 radical (unpaired) electrons. The van der Waals surface area contributed by atoms with Crippen molar-refractivity contribution < 1.29 is 9.59 Å². The molecule has 6 nitrogen and oxygen atoms in total. The van der Waals surface area contributed by atoms with Crippen molar-refractivity contribution in [2.24, 2.45) is 0 Å². The van der Waals surface area contributed by atoms with Gasteiger partial charge in [0.25, 0.3) is 5.91 Å². The Morgan fingerprint density at radius 3 is 2.50 bits per heavy atom. The van der Waals surface area contributed by atoms with Gasteiger partial charge in [0, 0.05) is 47.8 Å². The number of aromatic nitrogens is 1. The summed E-state index contributed by atoms with van der Waals surface area (Å²) in [6.07, 6.45) is 1.70. The largest absolute Gasteiger partial charge is 0.324 e. The van der Waals surface area contributed by atoms with E-state index < -0.39 is 0 Å². The highest BCUT2D eigenvalue weighted by molar-refractivity contribution is 6.05. The fraction of sp³-hybridized carbons (Fsp3) is 0.192. The predicted molar refractivity (Wildman–Crippen MR) is 126 cm³/mol. The van der Waals surface area contributed by atoms with E-state index in [9.17, 15) is 9.59 Å². The van der Waals surface area contributed by atoms with Gasteiger partial charge in [0.2, 0.25) is 0 Å². The number of carbonyl (C=O) groups excluding carboxylic acids is 2. The van der Waals surface area contributed by atoms with Gasteiger partial charge in [0.15, 0.2) is 0 Å². The Kier molecular flexibility index (Phi) is 6.18. The maximum Gasteiger partial charge on any atom is 0.324 e. The van der Waals surface area contributed by atoms with Gasteiger partial charge in [-0.2, -0.15) is 0 Å². The second kappa shape index (κ2) is 9.36. The molecular weight excluding hydrogens is 400 g/mol. The van der Waals surface area contributed by atoms with Crippen LogP contribution in [0.15, 0.2) is 72.9 Å². The van der Waals surface area contributed by atoms with Crippen LogP contribution in [0.5, 0.6) is 0 Å². The summed E-state index contributed by atoms with van der Waals surface area (Å²) < 4.78 is 0. The van der Waals surface area contributed by atoms with Gasteiger partial charge >= 0.3 is 6.03 Å². The third-order valence-electron chi connectivity index (χ3n) is 5.23. The summed E-state index contributed by atoms with van der Waals surface area (Å²) in [5.74, 6) is 5.85. The van der Waals surface area contributed by atoms with Crippen LogP contribution in [-0.2, 0) is 0 Å². The van der Waals surface area contributed by atoms with Crippen LogP contribution in [-0.4, -0.2) is 41.0 Å². The topological polar surface area (TPSA) is 65.5 Å². The van der Waals surface area contributed by atoms with Crippen molar-refractivity contribution in [3.05, 3.63) is 89.7 Å². The first-order chi connectivity index (χ1) is 15.5. The van der Waals surface area contributed by atoms with Crippen LogP contribution in [0.4, 0.5) is 16.2 Å². The second-order valence-corrected chi connectivity index (χ2v) is 7.77. The van der Waals surface area contributed by atoms with E-state index in [0.29, 0.717) is 30.0 Å². The molecule has 1 fully saturated rings. The molecule has 0 saturated carbocycles. The molecule has 0 unspecified atom stereocenters. The summed E-state index contributed by atoms with van der Waals surface area (Å²) in [7, 11) is 0. The van der Waals surface area contributed by atoms with Crippen LogP contribution >= 0.6 is 0 Å². The van der Waals surface area contributed by atoms with Gasteiger partial charge in [-0.1, -0.05) is 18.1 Å². The van der Waals surface area contributed by atoms with Crippen molar-refractivity contribution >= 4 is 23.3 Å². The molecule has 32 heavy (non-hydrogen) atoms. The summed E-state index contributed by atoms with van der Waals surface area (Å²) in [4.78, 5) is 33.0. The molecule has 1 saturated heterocycles. The summed E-state index contributed by atoms with van der Waals surface area (Å²) >= 11 is 0. The minimum Gasteiger partial charge on any atom is -0.322 e. The fourth-order valence-corrected chi connectivity index (χ4v) is 3.52. The standard InChI is InChI=1S/C26H24N4O2/c1-19(2)29-16-17-30(26(29)32)24-13-10-21(11-14-24)25(31)28-23-8-5-6-20(18-23)9-12-22-7-3-4-15-27-22/h3-8,10-11,13-15,18-19H,16-17H2,1-2H3,(H,28,31). The molecule has 160 valence electrons. The number of hydrogen-bond donors (Lipinski definition) is 1. The molecule has 2 aromatic carbocycles. The Hall–Kier alpha value is -4.11.